The monoisotopic (exact) mass is 299 g/mol. The van der Waals surface area contributed by atoms with E-state index in [2.05, 4.69) is 0 Å². The SMILES string of the molecule is COCCCOCCN1CCc2sccc2C1C(=O)O. The predicted molar refractivity (Wildman–Crippen MR) is 77.3 cm³/mol. The third-order valence-electron chi connectivity index (χ3n) is 3.46. The average Bonchev–Trinajstić information content (AvgIpc) is 2.90. The molecule has 6 heteroatoms. The maximum absolute atomic E-state index is 11.5. The van der Waals surface area contributed by atoms with Gasteiger partial charge in [0, 0.05) is 38.3 Å². The van der Waals surface area contributed by atoms with Crippen molar-refractivity contribution in [2.45, 2.75) is 18.9 Å². The number of rotatable bonds is 8. The fourth-order valence-corrected chi connectivity index (χ4v) is 3.39. The lowest BCUT2D eigenvalue weighted by molar-refractivity contribution is -0.144. The Balaban J connectivity index is 1.84. The van der Waals surface area contributed by atoms with Crippen LogP contribution in [0.1, 0.15) is 22.9 Å². The van der Waals surface area contributed by atoms with Gasteiger partial charge in [-0.15, -0.1) is 11.3 Å². The molecule has 0 saturated carbocycles. The molecule has 0 fully saturated rings. The Morgan fingerprint density at radius 2 is 2.35 bits per heavy atom. The molecule has 0 aromatic carbocycles. The first kappa shape index (κ1) is 15.4. The van der Waals surface area contributed by atoms with E-state index in [1.807, 2.05) is 16.3 Å². The van der Waals surface area contributed by atoms with Crippen molar-refractivity contribution in [1.29, 1.82) is 0 Å². The van der Waals surface area contributed by atoms with Crippen molar-refractivity contribution in [2.75, 3.05) is 40.0 Å². The molecule has 0 saturated heterocycles. The predicted octanol–water partition coefficient (Wildman–Crippen LogP) is 1.78. The first-order chi connectivity index (χ1) is 9.74. The van der Waals surface area contributed by atoms with E-state index in [9.17, 15) is 9.90 Å². The van der Waals surface area contributed by atoms with Crippen LogP contribution >= 0.6 is 11.3 Å². The lowest BCUT2D eigenvalue weighted by Crippen LogP contribution is -2.40. The van der Waals surface area contributed by atoms with E-state index in [4.69, 9.17) is 9.47 Å². The van der Waals surface area contributed by atoms with E-state index in [0.717, 1.165) is 24.9 Å². The minimum Gasteiger partial charge on any atom is -0.480 e. The molecule has 5 nitrogen and oxygen atoms in total. The minimum absolute atomic E-state index is 0.521. The van der Waals surface area contributed by atoms with Crippen LogP contribution < -0.4 is 0 Å². The highest BCUT2D eigenvalue weighted by molar-refractivity contribution is 7.10. The number of carbonyl (C=O) groups is 1. The zero-order valence-electron chi connectivity index (χ0n) is 11.7. The number of thiophene rings is 1. The van der Waals surface area contributed by atoms with E-state index >= 15 is 0 Å². The van der Waals surface area contributed by atoms with E-state index in [-0.39, 0.29) is 0 Å². The van der Waals surface area contributed by atoms with Crippen molar-refractivity contribution in [3.8, 4) is 0 Å². The second kappa shape index (κ2) is 7.73. The molecule has 1 aliphatic rings. The van der Waals surface area contributed by atoms with Crippen molar-refractivity contribution in [3.63, 3.8) is 0 Å². The summed E-state index contributed by atoms with van der Waals surface area (Å²) in [6.07, 6.45) is 1.80. The topological polar surface area (TPSA) is 59.0 Å². The zero-order chi connectivity index (χ0) is 14.4. The Bertz CT molecular complexity index is 435. The van der Waals surface area contributed by atoms with Crippen LogP contribution in [-0.4, -0.2) is 56.0 Å². The summed E-state index contributed by atoms with van der Waals surface area (Å²) >= 11 is 1.65. The summed E-state index contributed by atoms with van der Waals surface area (Å²) in [5.41, 5.74) is 0.952. The third-order valence-corrected chi connectivity index (χ3v) is 4.46. The Labute approximate surface area is 123 Å². The van der Waals surface area contributed by atoms with Gasteiger partial charge in [-0.2, -0.15) is 0 Å². The van der Waals surface area contributed by atoms with Gasteiger partial charge in [0.1, 0.15) is 6.04 Å². The first-order valence-electron chi connectivity index (χ1n) is 6.84. The number of hydrogen-bond acceptors (Lipinski definition) is 5. The molecule has 0 radical (unpaired) electrons. The fourth-order valence-electron chi connectivity index (χ4n) is 2.49. The molecule has 2 rings (SSSR count). The number of methoxy groups -OCH3 is 1. The van der Waals surface area contributed by atoms with Gasteiger partial charge in [-0.3, -0.25) is 9.69 Å². The van der Waals surface area contributed by atoms with E-state index < -0.39 is 12.0 Å². The van der Waals surface area contributed by atoms with Gasteiger partial charge in [0.25, 0.3) is 0 Å². The quantitative estimate of drug-likeness (QED) is 0.742. The normalized spacial score (nSPS) is 18.9. The number of carboxylic acids is 1. The highest BCUT2D eigenvalue weighted by Crippen LogP contribution is 2.33. The van der Waals surface area contributed by atoms with Gasteiger partial charge in [0.2, 0.25) is 0 Å². The Kier molecular flexibility index (Phi) is 5.97. The highest BCUT2D eigenvalue weighted by Gasteiger charge is 2.33. The Morgan fingerprint density at radius 1 is 1.50 bits per heavy atom. The third kappa shape index (κ3) is 3.79. The number of nitrogens with zero attached hydrogens (tertiary/aromatic N) is 1. The van der Waals surface area contributed by atoms with Gasteiger partial charge in [0.05, 0.1) is 6.61 Å². The lowest BCUT2D eigenvalue weighted by atomic mass is 10.0. The molecule has 1 atom stereocenters. The lowest BCUT2D eigenvalue weighted by Gasteiger charge is -2.32. The standard InChI is InChI=1S/C14H21NO4S/c1-18-7-2-8-19-9-6-15-5-3-12-11(4-10-20-12)13(15)14(16)17/h4,10,13H,2-3,5-9H2,1H3,(H,16,17). The maximum atomic E-state index is 11.5. The van der Waals surface area contributed by atoms with Gasteiger partial charge in [-0.05, 0) is 29.9 Å². The van der Waals surface area contributed by atoms with Crippen LogP contribution in [0, 0.1) is 0 Å². The molecule has 0 amide bonds. The summed E-state index contributed by atoms with van der Waals surface area (Å²) in [7, 11) is 1.67. The molecule has 1 aromatic rings. The summed E-state index contributed by atoms with van der Waals surface area (Å²) in [6, 6.07) is 1.41. The fraction of sp³-hybridized carbons (Fsp3) is 0.643. The van der Waals surface area contributed by atoms with E-state index in [1.165, 1.54) is 4.88 Å². The molecular weight excluding hydrogens is 278 g/mol. The van der Waals surface area contributed by atoms with Crippen LogP contribution in [-0.2, 0) is 20.7 Å². The van der Waals surface area contributed by atoms with Crippen molar-refractivity contribution in [2.24, 2.45) is 0 Å². The molecule has 1 N–H and O–H groups in total. The molecule has 0 spiro atoms. The van der Waals surface area contributed by atoms with E-state index in [1.54, 1.807) is 18.4 Å². The van der Waals surface area contributed by atoms with Gasteiger partial charge in [0.15, 0.2) is 0 Å². The van der Waals surface area contributed by atoms with Gasteiger partial charge < -0.3 is 14.6 Å². The van der Waals surface area contributed by atoms with E-state index in [0.29, 0.717) is 26.4 Å². The van der Waals surface area contributed by atoms with Crippen LogP contribution in [0.3, 0.4) is 0 Å². The molecule has 20 heavy (non-hydrogen) atoms. The van der Waals surface area contributed by atoms with Crippen LogP contribution in [0.15, 0.2) is 11.4 Å². The molecule has 1 unspecified atom stereocenters. The van der Waals surface area contributed by atoms with Gasteiger partial charge in [-0.25, -0.2) is 0 Å². The van der Waals surface area contributed by atoms with Gasteiger partial charge >= 0.3 is 5.97 Å². The summed E-state index contributed by atoms with van der Waals surface area (Å²) in [5, 5.41) is 11.4. The zero-order valence-corrected chi connectivity index (χ0v) is 12.5. The number of ether oxygens (including phenoxy) is 2. The second-order valence-electron chi connectivity index (χ2n) is 4.78. The first-order valence-corrected chi connectivity index (χ1v) is 7.72. The summed E-state index contributed by atoms with van der Waals surface area (Å²) in [4.78, 5) is 14.7. The molecule has 1 aromatic heterocycles. The van der Waals surface area contributed by atoms with Crippen LogP contribution in [0.25, 0.3) is 0 Å². The summed E-state index contributed by atoms with van der Waals surface area (Å²) in [6.45, 7) is 3.35. The number of fused-ring (bicyclic) bond motifs is 1. The van der Waals surface area contributed by atoms with Crippen molar-refractivity contribution in [3.05, 3.63) is 21.9 Å². The van der Waals surface area contributed by atoms with Crippen LogP contribution in [0.2, 0.25) is 0 Å². The maximum Gasteiger partial charge on any atom is 0.325 e. The van der Waals surface area contributed by atoms with Crippen LogP contribution in [0.5, 0.6) is 0 Å². The number of carboxylic acid groups (broad SMARTS) is 1. The van der Waals surface area contributed by atoms with Crippen molar-refractivity contribution in [1.82, 2.24) is 4.90 Å². The van der Waals surface area contributed by atoms with Gasteiger partial charge in [-0.1, -0.05) is 0 Å². The minimum atomic E-state index is -0.774. The average molecular weight is 299 g/mol. The van der Waals surface area contributed by atoms with Crippen molar-refractivity contribution < 1.29 is 19.4 Å². The molecular formula is C14H21NO4S. The van der Waals surface area contributed by atoms with Crippen LogP contribution in [0.4, 0.5) is 0 Å². The number of aliphatic carboxylic acids is 1. The molecule has 1 aliphatic heterocycles. The molecule has 0 bridgehead atoms. The summed E-state index contributed by atoms with van der Waals surface area (Å²) in [5.74, 6) is -0.774. The Hall–Kier alpha value is -0.950. The second-order valence-corrected chi connectivity index (χ2v) is 5.79. The largest absolute Gasteiger partial charge is 0.480 e. The summed E-state index contributed by atoms with van der Waals surface area (Å²) < 4.78 is 10.5. The molecule has 112 valence electrons. The number of hydrogen-bond donors (Lipinski definition) is 1. The van der Waals surface area contributed by atoms with Crippen molar-refractivity contribution >= 4 is 17.3 Å². The smallest absolute Gasteiger partial charge is 0.325 e. The highest BCUT2D eigenvalue weighted by atomic mass is 32.1. The molecule has 0 aliphatic carbocycles. The molecule has 2 heterocycles. The Morgan fingerprint density at radius 3 is 3.10 bits per heavy atom.